The lowest BCUT2D eigenvalue weighted by atomic mass is 10.2. The zero-order valence-electron chi connectivity index (χ0n) is 9.69. The molecule has 0 bridgehead atoms. The van der Waals surface area contributed by atoms with Crippen LogP contribution in [0.15, 0.2) is 53.0 Å². The molecule has 0 fully saturated rings. The zero-order chi connectivity index (χ0) is 13.0. The molecule has 2 rings (SSSR count). The van der Waals surface area contributed by atoms with Gasteiger partial charge in [-0.3, -0.25) is 5.41 Å². The average Bonchev–Trinajstić information content (AvgIpc) is 2.37. The summed E-state index contributed by atoms with van der Waals surface area (Å²) >= 11 is 3.37. The summed E-state index contributed by atoms with van der Waals surface area (Å²) in [6.45, 7) is 0.521. The molecule has 3 N–H and O–H groups in total. The van der Waals surface area contributed by atoms with Crippen LogP contribution in [0.3, 0.4) is 0 Å². The standard InChI is InChI=1S/C14H13BrN2O/c15-13-8-11(6-7-12(13)14(16)17)18-9-10-4-2-1-3-5-10/h1-8H,9H2,(H3,16,17). The number of nitrogen functional groups attached to an aromatic ring is 1. The van der Waals surface area contributed by atoms with Gasteiger partial charge in [0.2, 0.25) is 0 Å². The van der Waals surface area contributed by atoms with Gasteiger partial charge in [-0.05, 0) is 39.7 Å². The molecular formula is C14H13BrN2O. The normalized spacial score (nSPS) is 10.1. The van der Waals surface area contributed by atoms with Crippen molar-refractivity contribution < 1.29 is 4.74 Å². The van der Waals surface area contributed by atoms with Crippen molar-refractivity contribution in [2.75, 3.05) is 0 Å². The lowest BCUT2D eigenvalue weighted by Crippen LogP contribution is -2.11. The van der Waals surface area contributed by atoms with Crippen molar-refractivity contribution in [3.8, 4) is 5.75 Å². The smallest absolute Gasteiger partial charge is 0.123 e. The average molecular weight is 305 g/mol. The molecule has 0 aliphatic heterocycles. The Morgan fingerprint density at radius 2 is 1.89 bits per heavy atom. The van der Waals surface area contributed by atoms with E-state index in [-0.39, 0.29) is 5.84 Å². The van der Waals surface area contributed by atoms with E-state index in [0.717, 1.165) is 15.8 Å². The fourth-order valence-electron chi connectivity index (χ4n) is 1.54. The maximum absolute atomic E-state index is 7.39. The Labute approximate surface area is 114 Å². The number of amidine groups is 1. The highest BCUT2D eigenvalue weighted by atomic mass is 79.9. The topological polar surface area (TPSA) is 59.1 Å². The van der Waals surface area contributed by atoms with Crippen molar-refractivity contribution in [3.05, 3.63) is 64.1 Å². The summed E-state index contributed by atoms with van der Waals surface area (Å²) in [5.74, 6) is 0.784. The van der Waals surface area contributed by atoms with Gasteiger partial charge in [0.05, 0.1) is 0 Å². The monoisotopic (exact) mass is 304 g/mol. The Hall–Kier alpha value is -1.81. The fourth-order valence-corrected chi connectivity index (χ4v) is 2.12. The summed E-state index contributed by atoms with van der Waals surface area (Å²) < 4.78 is 6.43. The molecule has 2 aromatic carbocycles. The van der Waals surface area contributed by atoms with Gasteiger partial charge in [-0.15, -0.1) is 0 Å². The number of hydrogen-bond acceptors (Lipinski definition) is 2. The molecule has 0 heterocycles. The van der Waals surface area contributed by atoms with Crippen LogP contribution in [0.5, 0.6) is 5.75 Å². The summed E-state index contributed by atoms with van der Waals surface area (Å²) in [6.07, 6.45) is 0. The number of halogens is 1. The first-order valence-corrected chi connectivity index (χ1v) is 6.27. The summed E-state index contributed by atoms with van der Waals surface area (Å²) in [7, 11) is 0. The number of rotatable bonds is 4. The predicted octanol–water partition coefficient (Wildman–Crippen LogP) is 3.31. The maximum atomic E-state index is 7.39. The van der Waals surface area contributed by atoms with Gasteiger partial charge in [0.15, 0.2) is 0 Å². The van der Waals surface area contributed by atoms with Gasteiger partial charge in [0, 0.05) is 10.0 Å². The molecule has 0 saturated carbocycles. The quantitative estimate of drug-likeness (QED) is 0.672. The van der Waals surface area contributed by atoms with E-state index < -0.39 is 0 Å². The highest BCUT2D eigenvalue weighted by Crippen LogP contribution is 2.23. The molecule has 0 aliphatic rings. The third kappa shape index (κ3) is 3.11. The first kappa shape index (κ1) is 12.6. The largest absolute Gasteiger partial charge is 0.489 e. The second kappa shape index (κ2) is 5.69. The van der Waals surface area contributed by atoms with Crippen molar-refractivity contribution in [2.45, 2.75) is 6.61 Å². The van der Waals surface area contributed by atoms with E-state index in [9.17, 15) is 0 Å². The van der Waals surface area contributed by atoms with Gasteiger partial charge in [-0.2, -0.15) is 0 Å². The molecule has 0 unspecified atom stereocenters. The summed E-state index contributed by atoms with van der Waals surface area (Å²) in [6, 6.07) is 15.4. The number of hydrogen-bond donors (Lipinski definition) is 2. The molecule has 0 saturated heterocycles. The van der Waals surface area contributed by atoms with Crippen LogP contribution >= 0.6 is 15.9 Å². The van der Waals surface area contributed by atoms with Crippen molar-refractivity contribution in [2.24, 2.45) is 5.73 Å². The highest BCUT2D eigenvalue weighted by molar-refractivity contribution is 9.10. The Balaban J connectivity index is 2.07. The summed E-state index contributed by atoms with van der Waals surface area (Å²) in [4.78, 5) is 0. The lowest BCUT2D eigenvalue weighted by Gasteiger charge is -2.08. The fraction of sp³-hybridized carbons (Fsp3) is 0.0714. The molecule has 0 radical (unpaired) electrons. The molecule has 0 amide bonds. The Morgan fingerprint density at radius 3 is 2.50 bits per heavy atom. The maximum Gasteiger partial charge on any atom is 0.123 e. The molecule has 0 aliphatic carbocycles. The molecule has 18 heavy (non-hydrogen) atoms. The lowest BCUT2D eigenvalue weighted by molar-refractivity contribution is 0.306. The highest BCUT2D eigenvalue weighted by Gasteiger charge is 2.04. The molecule has 2 aromatic rings. The first-order valence-electron chi connectivity index (χ1n) is 5.47. The van der Waals surface area contributed by atoms with Gasteiger partial charge in [-0.25, -0.2) is 0 Å². The van der Waals surface area contributed by atoms with Crippen LogP contribution in [-0.4, -0.2) is 5.84 Å². The number of nitrogens with two attached hydrogens (primary N) is 1. The number of ether oxygens (including phenoxy) is 1. The minimum absolute atomic E-state index is 0.0384. The predicted molar refractivity (Wildman–Crippen MR) is 75.9 cm³/mol. The van der Waals surface area contributed by atoms with E-state index in [1.165, 1.54) is 0 Å². The van der Waals surface area contributed by atoms with E-state index >= 15 is 0 Å². The van der Waals surface area contributed by atoms with Crippen LogP contribution in [0, 0.1) is 5.41 Å². The van der Waals surface area contributed by atoms with E-state index in [1.54, 1.807) is 6.07 Å². The van der Waals surface area contributed by atoms with Gasteiger partial charge in [0.1, 0.15) is 18.2 Å². The molecule has 3 nitrogen and oxygen atoms in total. The van der Waals surface area contributed by atoms with Gasteiger partial charge in [0.25, 0.3) is 0 Å². The third-order valence-electron chi connectivity index (χ3n) is 2.48. The van der Waals surface area contributed by atoms with Crippen molar-refractivity contribution in [1.82, 2.24) is 0 Å². The van der Waals surface area contributed by atoms with Crippen LogP contribution in [0.4, 0.5) is 0 Å². The molecule has 4 heteroatoms. The number of nitrogens with one attached hydrogen (secondary N) is 1. The first-order chi connectivity index (χ1) is 8.66. The van der Waals surface area contributed by atoms with Crippen LogP contribution in [0.1, 0.15) is 11.1 Å². The molecule has 0 atom stereocenters. The van der Waals surface area contributed by atoms with Gasteiger partial charge < -0.3 is 10.5 Å². The van der Waals surface area contributed by atoms with E-state index in [1.807, 2.05) is 42.5 Å². The third-order valence-corrected chi connectivity index (χ3v) is 3.14. The summed E-state index contributed by atoms with van der Waals surface area (Å²) in [5, 5.41) is 7.39. The van der Waals surface area contributed by atoms with E-state index in [4.69, 9.17) is 15.9 Å². The minimum Gasteiger partial charge on any atom is -0.489 e. The van der Waals surface area contributed by atoms with Crippen LogP contribution in [-0.2, 0) is 6.61 Å². The van der Waals surface area contributed by atoms with Crippen molar-refractivity contribution in [1.29, 1.82) is 5.41 Å². The Bertz CT molecular complexity index is 555. The Kier molecular flexibility index (Phi) is 3.99. The van der Waals surface area contributed by atoms with Gasteiger partial charge in [-0.1, -0.05) is 30.3 Å². The second-order valence-electron chi connectivity index (χ2n) is 3.83. The zero-order valence-corrected chi connectivity index (χ0v) is 11.3. The van der Waals surface area contributed by atoms with Crippen molar-refractivity contribution in [3.63, 3.8) is 0 Å². The van der Waals surface area contributed by atoms with Crippen LogP contribution in [0.25, 0.3) is 0 Å². The van der Waals surface area contributed by atoms with E-state index in [0.29, 0.717) is 12.2 Å². The SMILES string of the molecule is N=C(N)c1ccc(OCc2ccccc2)cc1Br. The van der Waals surface area contributed by atoms with E-state index in [2.05, 4.69) is 15.9 Å². The number of benzene rings is 2. The molecule has 0 aromatic heterocycles. The van der Waals surface area contributed by atoms with Crippen molar-refractivity contribution >= 4 is 21.8 Å². The molecular weight excluding hydrogens is 292 g/mol. The van der Waals surface area contributed by atoms with Crippen LogP contribution in [0.2, 0.25) is 0 Å². The van der Waals surface area contributed by atoms with Gasteiger partial charge >= 0.3 is 0 Å². The second-order valence-corrected chi connectivity index (χ2v) is 4.68. The minimum atomic E-state index is 0.0384. The van der Waals surface area contributed by atoms with Crippen LogP contribution < -0.4 is 10.5 Å². The molecule has 0 spiro atoms. The summed E-state index contributed by atoms with van der Waals surface area (Å²) in [5.41, 5.74) is 7.23. The molecule has 92 valence electrons. The Morgan fingerprint density at radius 1 is 1.17 bits per heavy atom.